The van der Waals surface area contributed by atoms with Crippen molar-refractivity contribution in [3.63, 3.8) is 0 Å². The van der Waals surface area contributed by atoms with E-state index < -0.39 is 5.63 Å². The van der Waals surface area contributed by atoms with Crippen molar-refractivity contribution in [1.82, 2.24) is 10.3 Å². The monoisotopic (exact) mass is 392 g/mol. The standard InChI is InChI=1S/C23H24N2O4/c1-14-17-10-16-4-7-23(2,3)29-19(16)12-20(17)28-22(27)18(14)11-21(26)25-13-15-5-8-24-9-6-15/h5-6,8-10,12H,4,7,11,13H2,1-3H3,(H,25,26). The van der Waals surface area contributed by atoms with Crippen molar-refractivity contribution in [1.29, 1.82) is 0 Å². The van der Waals surface area contributed by atoms with Crippen LogP contribution in [0.3, 0.4) is 0 Å². The number of carbonyl (C=O) groups excluding carboxylic acids is 1. The number of nitrogens with one attached hydrogen (secondary N) is 1. The SMILES string of the molecule is Cc1c(CC(=O)NCc2ccncc2)c(=O)oc2cc3c(cc12)CCC(C)(C)O3. The predicted octanol–water partition coefficient (Wildman–Crippen LogP) is 3.46. The molecule has 0 saturated heterocycles. The normalized spacial score (nSPS) is 14.9. The summed E-state index contributed by atoms with van der Waals surface area (Å²) in [6.45, 7) is 6.36. The quantitative estimate of drug-likeness (QED) is 0.688. The molecule has 1 amide bonds. The first-order chi connectivity index (χ1) is 13.8. The largest absolute Gasteiger partial charge is 0.487 e. The average Bonchev–Trinajstić information content (AvgIpc) is 2.68. The van der Waals surface area contributed by atoms with Gasteiger partial charge in [-0.2, -0.15) is 0 Å². The van der Waals surface area contributed by atoms with E-state index in [1.807, 2.05) is 25.1 Å². The van der Waals surface area contributed by atoms with E-state index in [0.29, 0.717) is 17.7 Å². The van der Waals surface area contributed by atoms with Gasteiger partial charge in [-0.3, -0.25) is 9.78 Å². The van der Waals surface area contributed by atoms with Crippen molar-refractivity contribution in [3.05, 3.63) is 69.3 Å². The van der Waals surface area contributed by atoms with E-state index in [1.165, 1.54) is 0 Å². The van der Waals surface area contributed by atoms with Gasteiger partial charge in [0.1, 0.15) is 16.9 Å². The van der Waals surface area contributed by atoms with Crippen LogP contribution < -0.4 is 15.7 Å². The lowest BCUT2D eigenvalue weighted by atomic mass is 9.92. The molecule has 0 aliphatic carbocycles. The Bertz CT molecular complexity index is 1130. The Morgan fingerprint density at radius 2 is 2.00 bits per heavy atom. The van der Waals surface area contributed by atoms with Crippen molar-refractivity contribution in [2.75, 3.05) is 0 Å². The summed E-state index contributed by atoms with van der Waals surface area (Å²) < 4.78 is 11.6. The van der Waals surface area contributed by atoms with Crippen molar-refractivity contribution >= 4 is 16.9 Å². The predicted molar refractivity (Wildman–Crippen MR) is 110 cm³/mol. The average molecular weight is 392 g/mol. The molecule has 0 bridgehead atoms. The van der Waals surface area contributed by atoms with E-state index in [9.17, 15) is 9.59 Å². The Balaban J connectivity index is 1.60. The minimum absolute atomic E-state index is 0.0180. The van der Waals surface area contributed by atoms with Gasteiger partial charge in [-0.15, -0.1) is 0 Å². The van der Waals surface area contributed by atoms with Crippen LogP contribution in [-0.2, 0) is 24.2 Å². The van der Waals surface area contributed by atoms with Crippen LogP contribution in [-0.4, -0.2) is 16.5 Å². The molecule has 6 nitrogen and oxygen atoms in total. The maximum absolute atomic E-state index is 12.6. The third-order valence-electron chi connectivity index (χ3n) is 5.43. The van der Waals surface area contributed by atoms with Crippen molar-refractivity contribution in [2.45, 2.75) is 52.2 Å². The molecule has 0 unspecified atom stereocenters. The minimum Gasteiger partial charge on any atom is -0.487 e. The number of nitrogens with zero attached hydrogens (tertiary/aromatic N) is 1. The molecule has 0 saturated carbocycles. The molecule has 0 spiro atoms. The molecule has 2 aromatic heterocycles. The van der Waals surface area contributed by atoms with Crippen molar-refractivity contribution < 1.29 is 13.9 Å². The van der Waals surface area contributed by atoms with Crippen LogP contribution in [0.25, 0.3) is 11.0 Å². The fourth-order valence-corrected chi connectivity index (χ4v) is 3.66. The Morgan fingerprint density at radius 3 is 2.76 bits per heavy atom. The summed E-state index contributed by atoms with van der Waals surface area (Å²) >= 11 is 0. The van der Waals surface area contributed by atoms with Crippen LogP contribution in [0.2, 0.25) is 0 Å². The topological polar surface area (TPSA) is 81.4 Å². The van der Waals surface area contributed by atoms with Gasteiger partial charge in [0.15, 0.2) is 0 Å². The number of rotatable bonds is 4. The van der Waals surface area contributed by atoms with Gasteiger partial charge in [-0.1, -0.05) is 0 Å². The molecule has 0 fully saturated rings. The first-order valence-electron chi connectivity index (χ1n) is 9.76. The highest BCUT2D eigenvalue weighted by Gasteiger charge is 2.27. The van der Waals surface area contributed by atoms with E-state index in [4.69, 9.17) is 9.15 Å². The summed E-state index contributed by atoms with van der Waals surface area (Å²) in [5.41, 5.74) is 2.99. The van der Waals surface area contributed by atoms with Gasteiger partial charge in [-0.25, -0.2) is 4.79 Å². The molecule has 0 atom stereocenters. The second-order valence-electron chi connectivity index (χ2n) is 8.12. The highest BCUT2D eigenvalue weighted by Crippen LogP contribution is 2.36. The number of hydrogen-bond acceptors (Lipinski definition) is 5. The summed E-state index contributed by atoms with van der Waals surface area (Å²) in [7, 11) is 0. The Hall–Kier alpha value is -3.15. The van der Waals surface area contributed by atoms with Crippen molar-refractivity contribution in [3.8, 4) is 5.75 Å². The zero-order valence-electron chi connectivity index (χ0n) is 16.9. The molecule has 6 heteroatoms. The van der Waals surface area contributed by atoms with Gasteiger partial charge in [0, 0.05) is 30.4 Å². The number of hydrogen-bond donors (Lipinski definition) is 1. The molecule has 1 aliphatic heterocycles. The Morgan fingerprint density at radius 1 is 1.24 bits per heavy atom. The maximum atomic E-state index is 12.6. The first kappa shape index (κ1) is 19.2. The fraction of sp³-hybridized carbons (Fsp3) is 0.348. The molecular weight excluding hydrogens is 368 g/mol. The second kappa shape index (κ2) is 7.35. The number of fused-ring (bicyclic) bond motifs is 2. The number of pyridine rings is 1. The summed E-state index contributed by atoms with van der Waals surface area (Å²) in [5, 5.41) is 3.69. The maximum Gasteiger partial charge on any atom is 0.340 e. The number of carbonyl (C=O) groups is 1. The molecule has 4 rings (SSSR count). The molecule has 3 aromatic rings. The fourth-order valence-electron chi connectivity index (χ4n) is 3.66. The van der Waals surface area contributed by atoms with Crippen LogP contribution in [0, 0.1) is 6.92 Å². The van der Waals surface area contributed by atoms with E-state index >= 15 is 0 Å². The number of amides is 1. The zero-order valence-corrected chi connectivity index (χ0v) is 16.9. The second-order valence-corrected chi connectivity index (χ2v) is 8.12. The number of ether oxygens (including phenoxy) is 1. The molecule has 1 N–H and O–H groups in total. The zero-order chi connectivity index (χ0) is 20.6. The molecule has 0 radical (unpaired) electrons. The minimum atomic E-state index is -0.482. The lowest BCUT2D eigenvalue weighted by Gasteiger charge is -2.32. The van der Waals surface area contributed by atoms with Crippen LogP contribution in [0.5, 0.6) is 5.75 Å². The molecule has 3 heterocycles. The van der Waals surface area contributed by atoms with Gasteiger partial charge < -0.3 is 14.5 Å². The highest BCUT2D eigenvalue weighted by atomic mass is 16.5. The highest BCUT2D eigenvalue weighted by molar-refractivity contribution is 5.86. The Labute approximate surface area is 168 Å². The van der Waals surface area contributed by atoms with Gasteiger partial charge in [-0.05, 0) is 68.5 Å². The first-order valence-corrected chi connectivity index (χ1v) is 9.76. The molecule has 29 heavy (non-hydrogen) atoms. The van der Waals surface area contributed by atoms with E-state index in [0.717, 1.165) is 40.7 Å². The molecule has 1 aromatic carbocycles. The lowest BCUT2D eigenvalue weighted by Crippen LogP contribution is -2.32. The summed E-state index contributed by atoms with van der Waals surface area (Å²) in [6, 6.07) is 7.49. The van der Waals surface area contributed by atoms with E-state index in [1.54, 1.807) is 18.5 Å². The summed E-state index contributed by atoms with van der Waals surface area (Å²) in [5.74, 6) is 0.541. The van der Waals surface area contributed by atoms with Gasteiger partial charge >= 0.3 is 5.63 Å². The van der Waals surface area contributed by atoms with Gasteiger partial charge in [0.25, 0.3) is 0 Å². The third-order valence-corrected chi connectivity index (χ3v) is 5.43. The van der Waals surface area contributed by atoms with Crippen molar-refractivity contribution in [2.24, 2.45) is 0 Å². The molecular formula is C23H24N2O4. The third kappa shape index (κ3) is 4.01. The Kier molecular flexibility index (Phi) is 4.86. The van der Waals surface area contributed by atoms with Gasteiger partial charge in [0.05, 0.1) is 12.0 Å². The van der Waals surface area contributed by atoms with Crippen LogP contribution in [0.15, 0.2) is 45.9 Å². The number of benzene rings is 1. The molecule has 1 aliphatic rings. The van der Waals surface area contributed by atoms with Gasteiger partial charge in [0.2, 0.25) is 5.91 Å². The number of aryl methyl sites for hydroxylation is 2. The molecule has 150 valence electrons. The lowest BCUT2D eigenvalue weighted by molar-refractivity contribution is -0.120. The van der Waals surface area contributed by atoms with Crippen LogP contribution >= 0.6 is 0 Å². The number of aromatic nitrogens is 1. The van der Waals surface area contributed by atoms with Crippen LogP contribution in [0.4, 0.5) is 0 Å². The van der Waals surface area contributed by atoms with Crippen LogP contribution in [0.1, 0.15) is 42.5 Å². The summed E-state index contributed by atoms with van der Waals surface area (Å²) in [6.07, 6.45) is 5.16. The summed E-state index contributed by atoms with van der Waals surface area (Å²) in [4.78, 5) is 28.9. The van der Waals surface area contributed by atoms with E-state index in [-0.39, 0.29) is 17.9 Å². The van der Waals surface area contributed by atoms with E-state index in [2.05, 4.69) is 24.1 Å². The smallest absolute Gasteiger partial charge is 0.340 e.